The number of unbranched alkanes of at least 4 members (excludes halogenated alkanes) is 41. The van der Waals surface area contributed by atoms with E-state index in [0.717, 1.165) is 96.3 Å². The zero-order chi connectivity index (χ0) is 70.4. The molecule has 560 valence electrons. The molecular weight excluding hydrogens is 1220 g/mol. The van der Waals surface area contributed by atoms with Gasteiger partial charge in [0.25, 0.3) is 7.82 Å². The number of phosphoric acid groups is 1. The molecule has 0 bridgehead atoms. The predicted octanol–water partition coefficient (Wildman–Crippen LogP) is 26.7. The van der Waals surface area contributed by atoms with Crippen LogP contribution in [-0.4, -0.2) is 70.0 Å². The van der Waals surface area contributed by atoms with E-state index in [1.807, 2.05) is 21.1 Å². The normalized spacial score (nSPS) is 13.7. The Kier molecular flexibility index (Phi) is 73.8. The Morgan fingerprint density at radius 2 is 0.588 bits per heavy atom. The highest BCUT2D eigenvalue weighted by atomic mass is 31.2. The second kappa shape index (κ2) is 76.6. The summed E-state index contributed by atoms with van der Waals surface area (Å²) in [5.41, 5.74) is 0. The van der Waals surface area contributed by atoms with Gasteiger partial charge in [0.1, 0.15) is 19.8 Å². The highest BCUT2D eigenvalue weighted by molar-refractivity contribution is 7.45. The maximum atomic E-state index is 12.9. The molecule has 2 atom stereocenters. The Bertz CT molecular complexity index is 2060. The predicted molar refractivity (Wildman–Crippen MR) is 420 cm³/mol. The number of ether oxygens (including phenoxy) is 2. The minimum absolute atomic E-state index is 0.0443. The Hall–Kier alpha value is -3.59. The van der Waals surface area contributed by atoms with Gasteiger partial charge in [0.15, 0.2) is 6.10 Å². The van der Waals surface area contributed by atoms with E-state index in [4.69, 9.17) is 18.5 Å². The van der Waals surface area contributed by atoms with Crippen LogP contribution in [0.15, 0.2) is 122 Å². The molecule has 10 heteroatoms. The molecule has 0 aromatic heterocycles. The maximum Gasteiger partial charge on any atom is 0.306 e. The average Bonchev–Trinajstić information content (AvgIpc) is 1.58. The molecule has 0 amide bonds. The second-order valence-electron chi connectivity index (χ2n) is 28.4. The summed E-state index contributed by atoms with van der Waals surface area (Å²) >= 11 is 0. The molecule has 0 aliphatic carbocycles. The summed E-state index contributed by atoms with van der Waals surface area (Å²) in [6, 6.07) is 0. The van der Waals surface area contributed by atoms with E-state index in [1.54, 1.807) is 0 Å². The van der Waals surface area contributed by atoms with Crippen LogP contribution in [0.5, 0.6) is 0 Å². The topological polar surface area (TPSA) is 111 Å². The van der Waals surface area contributed by atoms with Crippen LogP contribution in [0.25, 0.3) is 0 Å². The maximum absolute atomic E-state index is 12.9. The molecule has 0 aromatic carbocycles. The number of carbonyl (C=O) groups excluding carboxylic acids is 2. The molecule has 0 N–H and O–H groups in total. The smallest absolute Gasteiger partial charge is 0.306 e. The molecular formula is C87H154NO8P. The molecule has 0 radical (unpaired) electrons. The molecule has 0 spiro atoms. The first kappa shape index (κ1) is 93.4. The lowest BCUT2D eigenvalue weighted by molar-refractivity contribution is -0.870. The van der Waals surface area contributed by atoms with Crippen LogP contribution < -0.4 is 4.89 Å². The lowest BCUT2D eigenvalue weighted by atomic mass is 10.0. The van der Waals surface area contributed by atoms with Crippen LogP contribution in [0.2, 0.25) is 0 Å². The van der Waals surface area contributed by atoms with Gasteiger partial charge in [0, 0.05) is 12.8 Å². The fourth-order valence-electron chi connectivity index (χ4n) is 11.6. The fraction of sp³-hybridized carbons (Fsp3) is 0.747. The number of esters is 2. The van der Waals surface area contributed by atoms with Crippen LogP contribution in [-0.2, 0) is 32.7 Å². The molecule has 0 saturated carbocycles. The lowest BCUT2D eigenvalue weighted by Gasteiger charge is -2.28. The van der Waals surface area contributed by atoms with Crippen molar-refractivity contribution in [1.82, 2.24) is 0 Å². The van der Waals surface area contributed by atoms with Crippen LogP contribution >= 0.6 is 7.82 Å². The first-order chi connectivity index (χ1) is 47.5. The molecule has 0 aromatic rings. The van der Waals surface area contributed by atoms with Gasteiger partial charge in [0.2, 0.25) is 0 Å². The van der Waals surface area contributed by atoms with E-state index >= 15 is 0 Å². The third-order valence-corrected chi connectivity index (χ3v) is 18.7. The molecule has 9 nitrogen and oxygen atoms in total. The summed E-state index contributed by atoms with van der Waals surface area (Å²) < 4.78 is 34.3. The fourth-order valence-corrected chi connectivity index (χ4v) is 12.3. The molecule has 2 unspecified atom stereocenters. The third-order valence-electron chi connectivity index (χ3n) is 17.7. The summed E-state index contributed by atoms with van der Waals surface area (Å²) in [5, 5.41) is 0. The number of phosphoric ester groups is 1. The minimum atomic E-state index is -4.67. The van der Waals surface area contributed by atoms with E-state index < -0.39 is 32.5 Å². The summed E-state index contributed by atoms with van der Waals surface area (Å²) in [4.78, 5) is 38.1. The van der Waals surface area contributed by atoms with Gasteiger partial charge in [-0.25, -0.2) is 0 Å². The van der Waals surface area contributed by atoms with E-state index in [0.29, 0.717) is 17.4 Å². The van der Waals surface area contributed by atoms with Gasteiger partial charge in [-0.15, -0.1) is 0 Å². The quantitative estimate of drug-likeness (QED) is 0.0195. The molecule has 0 aliphatic rings. The largest absolute Gasteiger partial charge is 0.756 e. The molecule has 0 saturated heterocycles. The van der Waals surface area contributed by atoms with Gasteiger partial charge in [-0.2, -0.15) is 0 Å². The van der Waals surface area contributed by atoms with Crippen molar-refractivity contribution < 1.29 is 42.1 Å². The highest BCUT2D eigenvalue weighted by Gasteiger charge is 2.22. The summed E-state index contributed by atoms with van der Waals surface area (Å²) in [5.74, 6) is -0.879. The Balaban J connectivity index is 4.01. The van der Waals surface area contributed by atoms with E-state index in [9.17, 15) is 19.0 Å². The zero-order valence-electron chi connectivity index (χ0n) is 64.0. The SMILES string of the molecule is CC/C=C\C/C=C\C/C=C\C/C=C\C/C=C\C/C=C\C/C=C\C/C=C\C/C=C\C/C=C\CCCCC(=O)OC(COC(=O)CCCCCCCCCCCCCCCCCCCCCCCCCCCCCCCCCCCCCCCCCC)COP(=O)([O-])OCC[N+](C)(C)C. The van der Waals surface area contributed by atoms with Crippen molar-refractivity contribution in [3.05, 3.63) is 122 Å². The second-order valence-corrected chi connectivity index (χ2v) is 29.8. The Morgan fingerprint density at radius 3 is 0.876 bits per heavy atom. The van der Waals surface area contributed by atoms with Gasteiger partial charge < -0.3 is 27.9 Å². The molecule has 0 aliphatic heterocycles. The van der Waals surface area contributed by atoms with E-state index in [1.165, 1.54) is 238 Å². The van der Waals surface area contributed by atoms with Crippen molar-refractivity contribution in [3.63, 3.8) is 0 Å². The van der Waals surface area contributed by atoms with E-state index in [2.05, 4.69) is 135 Å². The number of allylic oxidation sites excluding steroid dienone is 20. The van der Waals surface area contributed by atoms with Gasteiger partial charge >= 0.3 is 11.9 Å². The molecule has 0 heterocycles. The number of hydrogen-bond acceptors (Lipinski definition) is 8. The van der Waals surface area contributed by atoms with Crippen molar-refractivity contribution in [2.24, 2.45) is 0 Å². The summed E-state index contributed by atoms with van der Waals surface area (Å²) in [6.07, 6.45) is 111. The Labute approximate surface area is 600 Å². The average molecular weight is 1370 g/mol. The lowest BCUT2D eigenvalue weighted by Crippen LogP contribution is -2.37. The molecule has 0 rings (SSSR count). The van der Waals surface area contributed by atoms with Crippen LogP contribution in [0.4, 0.5) is 0 Å². The standard InChI is InChI=1S/C87H154NO8P/c1-6-8-10-12-14-16-18-20-22-24-26-28-30-32-34-36-38-40-41-42-43-44-45-46-48-49-51-53-55-57-59-61-63-65-67-69-71-73-75-77-79-86(89)93-83-85(84-95-97(91,92)94-82-81-88(3,4)5)96-87(90)80-78-76-74-72-70-68-66-64-62-60-58-56-54-52-50-47-39-37-35-33-31-29-27-25-23-21-19-17-15-13-11-9-7-2/h9,11,15,17,21,23,27,29,33,35,39,47,52,54,58,60,64,66,70,72,85H,6-8,10,12-14,16,18-20,22,24-26,28,30-32,34,36-38,40-46,48-51,53,55-57,59,61-63,65,67-69,71,73-84H2,1-5H3/b11-9-,17-15-,23-21-,29-27-,35-33-,47-39-,54-52-,60-58-,66-64-,72-70-. The van der Waals surface area contributed by atoms with Gasteiger partial charge in [-0.1, -0.05) is 386 Å². The third kappa shape index (κ3) is 81.3. The summed E-state index contributed by atoms with van der Waals surface area (Å²) in [7, 11) is 1.13. The number of nitrogens with zero attached hydrogens (tertiary/aromatic N) is 1. The minimum Gasteiger partial charge on any atom is -0.756 e. The zero-order valence-corrected chi connectivity index (χ0v) is 64.9. The number of quaternary nitrogens is 1. The number of rotatable bonds is 75. The van der Waals surface area contributed by atoms with Crippen LogP contribution in [0.3, 0.4) is 0 Å². The number of carbonyl (C=O) groups is 2. The van der Waals surface area contributed by atoms with Crippen LogP contribution in [0, 0.1) is 0 Å². The van der Waals surface area contributed by atoms with Crippen molar-refractivity contribution in [3.8, 4) is 0 Å². The van der Waals surface area contributed by atoms with Gasteiger partial charge in [-0.05, 0) is 89.9 Å². The van der Waals surface area contributed by atoms with Gasteiger partial charge in [0.05, 0.1) is 27.7 Å². The first-order valence-corrected chi connectivity index (χ1v) is 42.2. The summed E-state index contributed by atoms with van der Waals surface area (Å²) in [6.45, 7) is 4.11. The monoisotopic (exact) mass is 1370 g/mol. The van der Waals surface area contributed by atoms with Crippen molar-refractivity contribution in [2.45, 2.75) is 373 Å². The van der Waals surface area contributed by atoms with Crippen molar-refractivity contribution in [1.29, 1.82) is 0 Å². The van der Waals surface area contributed by atoms with Gasteiger partial charge in [-0.3, -0.25) is 14.2 Å². The highest BCUT2D eigenvalue weighted by Crippen LogP contribution is 2.38. The molecule has 0 fully saturated rings. The first-order valence-electron chi connectivity index (χ1n) is 40.7. The Morgan fingerprint density at radius 1 is 0.330 bits per heavy atom. The molecule has 97 heavy (non-hydrogen) atoms. The van der Waals surface area contributed by atoms with E-state index in [-0.39, 0.29) is 26.1 Å². The van der Waals surface area contributed by atoms with Crippen LogP contribution in [0.1, 0.15) is 367 Å². The van der Waals surface area contributed by atoms with Crippen molar-refractivity contribution in [2.75, 3.05) is 47.5 Å². The number of likely N-dealkylation sites (N-methyl/N-ethyl adjacent to an activating group) is 1. The number of hydrogen-bond donors (Lipinski definition) is 0. The van der Waals surface area contributed by atoms with Crippen molar-refractivity contribution >= 4 is 19.8 Å².